The van der Waals surface area contributed by atoms with Crippen molar-refractivity contribution in [2.24, 2.45) is 11.7 Å². The van der Waals surface area contributed by atoms with E-state index in [2.05, 4.69) is 10.6 Å². The normalized spacial score (nSPS) is 15.6. The molecule has 120 valence electrons. The van der Waals surface area contributed by atoms with Gasteiger partial charge in [-0.25, -0.2) is 4.79 Å². The Kier molecular flexibility index (Phi) is 5.77. The molecule has 1 saturated heterocycles. The molecule has 1 fully saturated rings. The van der Waals surface area contributed by atoms with E-state index in [-0.39, 0.29) is 5.91 Å². The molecule has 1 heterocycles. The van der Waals surface area contributed by atoms with Crippen LogP contribution in [-0.2, 0) is 0 Å². The molecular formula is C16H24N4O2. The molecule has 0 radical (unpaired) electrons. The van der Waals surface area contributed by atoms with Gasteiger partial charge in [-0.1, -0.05) is 0 Å². The SMILES string of the molecule is CNCCC1CCN(C(=O)c2ccc(NC(N)=O)cc2)CC1. The lowest BCUT2D eigenvalue weighted by molar-refractivity contribution is 0.0687. The van der Waals surface area contributed by atoms with E-state index < -0.39 is 6.03 Å². The van der Waals surface area contributed by atoms with Crippen LogP contribution in [0, 0.1) is 5.92 Å². The zero-order valence-electron chi connectivity index (χ0n) is 13.0. The third-order valence-electron chi connectivity index (χ3n) is 4.10. The van der Waals surface area contributed by atoms with Gasteiger partial charge in [-0.3, -0.25) is 4.79 Å². The number of likely N-dealkylation sites (tertiary alicyclic amines) is 1. The average molecular weight is 304 g/mol. The minimum Gasteiger partial charge on any atom is -0.351 e. The fraction of sp³-hybridized carbons (Fsp3) is 0.500. The Bertz CT molecular complexity index is 507. The van der Waals surface area contributed by atoms with Gasteiger partial charge in [-0.2, -0.15) is 0 Å². The number of nitrogens with one attached hydrogen (secondary N) is 2. The van der Waals surface area contributed by atoms with Crippen molar-refractivity contribution >= 4 is 17.6 Å². The van der Waals surface area contributed by atoms with Gasteiger partial charge in [-0.05, 0) is 63.0 Å². The molecule has 1 aliphatic rings. The number of urea groups is 1. The highest BCUT2D eigenvalue weighted by atomic mass is 16.2. The molecule has 22 heavy (non-hydrogen) atoms. The van der Waals surface area contributed by atoms with Crippen LogP contribution in [0.25, 0.3) is 0 Å². The molecule has 0 atom stereocenters. The molecular weight excluding hydrogens is 280 g/mol. The van der Waals surface area contributed by atoms with Gasteiger partial charge in [0.05, 0.1) is 0 Å². The summed E-state index contributed by atoms with van der Waals surface area (Å²) in [6.07, 6.45) is 3.30. The third-order valence-corrected chi connectivity index (χ3v) is 4.10. The van der Waals surface area contributed by atoms with E-state index in [4.69, 9.17) is 5.73 Å². The molecule has 0 spiro atoms. The number of nitrogens with two attached hydrogens (primary N) is 1. The van der Waals surface area contributed by atoms with Crippen LogP contribution in [0.3, 0.4) is 0 Å². The second-order valence-corrected chi connectivity index (χ2v) is 5.69. The number of primary amides is 1. The van der Waals surface area contributed by atoms with Crippen LogP contribution in [0.4, 0.5) is 10.5 Å². The number of nitrogens with zero attached hydrogens (tertiary/aromatic N) is 1. The maximum atomic E-state index is 12.5. The second-order valence-electron chi connectivity index (χ2n) is 5.69. The fourth-order valence-corrected chi connectivity index (χ4v) is 2.79. The van der Waals surface area contributed by atoms with Gasteiger partial charge in [0.1, 0.15) is 0 Å². The van der Waals surface area contributed by atoms with E-state index in [0.29, 0.717) is 17.2 Å². The molecule has 6 nitrogen and oxygen atoms in total. The molecule has 0 unspecified atom stereocenters. The molecule has 4 N–H and O–H groups in total. The quantitative estimate of drug-likeness (QED) is 0.773. The molecule has 1 aromatic carbocycles. The van der Waals surface area contributed by atoms with E-state index >= 15 is 0 Å². The zero-order valence-corrected chi connectivity index (χ0v) is 13.0. The van der Waals surface area contributed by atoms with Gasteiger partial charge >= 0.3 is 6.03 Å². The van der Waals surface area contributed by atoms with Gasteiger partial charge in [0.15, 0.2) is 0 Å². The maximum absolute atomic E-state index is 12.5. The van der Waals surface area contributed by atoms with E-state index in [1.165, 1.54) is 6.42 Å². The lowest BCUT2D eigenvalue weighted by Gasteiger charge is -2.32. The van der Waals surface area contributed by atoms with E-state index in [9.17, 15) is 9.59 Å². The number of benzene rings is 1. The Labute approximate surface area is 131 Å². The predicted molar refractivity (Wildman–Crippen MR) is 86.8 cm³/mol. The van der Waals surface area contributed by atoms with Crippen molar-refractivity contribution in [3.8, 4) is 0 Å². The number of amides is 3. The molecule has 6 heteroatoms. The molecule has 3 amide bonds. The van der Waals surface area contributed by atoms with Crippen molar-refractivity contribution in [1.82, 2.24) is 10.2 Å². The van der Waals surface area contributed by atoms with Gasteiger partial charge in [-0.15, -0.1) is 0 Å². The summed E-state index contributed by atoms with van der Waals surface area (Å²) in [5.74, 6) is 0.760. The van der Waals surface area contributed by atoms with Gasteiger partial charge in [0, 0.05) is 24.3 Å². The number of rotatable bonds is 5. The average Bonchev–Trinajstić information content (AvgIpc) is 2.53. The summed E-state index contributed by atoms with van der Waals surface area (Å²) < 4.78 is 0. The lowest BCUT2D eigenvalue weighted by Crippen LogP contribution is -2.38. The van der Waals surface area contributed by atoms with Crippen molar-refractivity contribution in [3.05, 3.63) is 29.8 Å². The van der Waals surface area contributed by atoms with Crippen LogP contribution in [-0.4, -0.2) is 43.5 Å². The van der Waals surface area contributed by atoms with E-state index in [1.54, 1.807) is 24.3 Å². The molecule has 2 rings (SSSR count). The van der Waals surface area contributed by atoms with Gasteiger partial charge in [0.2, 0.25) is 0 Å². The predicted octanol–water partition coefficient (Wildman–Crippen LogP) is 1.64. The number of carbonyl (C=O) groups excluding carboxylic acids is 2. The minimum absolute atomic E-state index is 0.0534. The van der Waals surface area contributed by atoms with Crippen molar-refractivity contribution < 1.29 is 9.59 Å². The van der Waals surface area contributed by atoms with Crippen molar-refractivity contribution in [2.45, 2.75) is 19.3 Å². The Balaban J connectivity index is 1.88. The minimum atomic E-state index is -0.609. The Morgan fingerprint density at radius 1 is 1.23 bits per heavy atom. The van der Waals surface area contributed by atoms with Crippen molar-refractivity contribution in [3.63, 3.8) is 0 Å². The van der Waals surface area contributed by atoms with Crippen LogP contribution < -0.4 is 16.4 Å². The highest BCUT2D eigenvalue weighted by Gasteiger charge is 2.23. The van der Waals surface area contributed by atoms with Crippen LogP contribution in [0.5, 0.6) is 0 Å². The summed E-state index contributed by atoms with van der Waals surface area (Å²) in [5, 5.41) is 5.66. The summed E-state index contributed by atoms with van der Waals surface area (Å²) in [6, 6.07) is 6.22. The molecule has 1 aliphatic heterocycles. The monoisotopic (exact) mass is 304 g/mol. The molecule has 0 aromatic heterocycles. The zero-order chi connectivity index (χ0) is 15.9. The standard InChI is InChI=1S/C16H24N4O2/c1-18-9-6-12-7-10-20(11-8-12)15(21)13-2-4-14(5-3-13)19-16(17)22/h2-5,12,18H,6-11H2,1H3,(H3,17,19,22). The first kappa shape index (κ1) is 16.3. The largest absolute Gasteiger partial charge is 0.351 e. The highest BCUT2D eigenvalue weighted by molar-refractivity contribution is 5.95. The Morgan fingerprint density at radius 3 is 2.41 bits per heavy atom. The first-order valence-corrected chi connectivity index (χ1v) is 7.70. The van der Waals surface area contributed by atoms with E-state index in [0.717, 1.165) is 32.5 Å². The van der Waals surface area contributed by atoms with Crippen LogP contribution in [0.1, 0.15) is 29.6 Å². The first-order chi connectivity index (χ1) is 10.6. The molecule has 0 saturated carbocycles. The smallest absolute Gasteiger partial charge is 0.316 e. The van der Waals surface area contributed by atoms with Crippen LogP contribution >= 0.6 is 0 Å². The van der Waals surface area contributed by atoms with E-state index in [1.807, 2.05) is 11.9 Å². The Hall–Kier alpha value is -2.08. The molecule has 0 aliphatic carbocycles. The maximum Gasteiger partial charge on any atom is 0.316 e. The van der Waals surface area contributed by atoms with Crippen molar-refractivity contribution in [1.29, 1.82) is 0 Å². The summed E-state index contributed by atoms with van der Waals surface area (Å²) in [7, 11) is 1.97. The summed E-state index contributed by atoms with van der Waals surface area (Å²) in [4.78, 5) is 25.1. The van der Waals surface area contributed by atoms with Crippen LogP contribution in [0.15, 0.2) is 24.3 Å². The van der Waals surface area contributed by atoms with Gasteiger partial charge < -0.3 is 21.3 Å². The van der Waals surface area contributed by atoms with Crippen molar-refractivity contribution in [2.75, 3.05) is 32.0 Å². The number of hydrogen-bond donors (Lipinski definition) is 3. The van der Waals surface area contributed by atoms with Gasteiger partial charge in [0.25, 0.3) is 5.91 Å². The second kappa shape index (κ2) is 7.79. The number of piperidine rings is 1. The molecule has 0 bridgehead atoms. The lowest BCUT2D eigenvalue weighted by atomic mass is 9.93. The summed E-state index contributed by atoms with van der Waals surface area (Å²) in [6.45, 7) is 2.66. The summed E-state index contributed by atoms with van der Waals surface area (Å²) in [5.41, 5.74) is 6.29. The third kappa shape index (κ3) is 4.46. The number of anilines is 1. The topological polar surface area (TPSA) is 87.5 Å². The number of hydrogen-bond acceptors (Lipinski definition) is 3. The molecule has 1 aromatic rings. The van der Waals surface area contributed by atoms with Crippen LogP contribution in [0.2, 0.25) is 0 Å². The highest BCUT2D eigenvalue weighted by Crippen LogP contribution is 2.22. The Morgan fingerprint density at radius 2 is 1.86 bits per heavy atom. The summed E-state index contributed by atoms with van der Waals surface area (Å²) >= 11 is 0. The first-order valence-electron chi connectivity index (χ1n) is 7.70. The fourth-order valence-electron chi connectivity index (χ4n) is 2.79. The number of carbonyl (C=O) groups is 2.